The van der Waals surface area contributed by atoms with Crippen LogP contribution in [0.15, 0.2) is 6.07 Å². The van der Waals surface area contributed by atoms with Gasteiger partial charge in [0.05, 0.1) is 4.88 Å². The summed E-state index contributed by atoms with van der Waals surface area (Å²) < 4.78 is 0. The topological polar surface area (TPSA) is 63.4 Å². The van der Waals surface area contributed by atoms with E-state index in [-0.39, 0.29) is 24.3 Å². The Labute approximate surface area is 124 Å². The zero-order valence-corrected chi connectivity index (χ0v) is 13.0. The average molecular weight is 294 g/mol. The van der Waals surface area contributed by atoms with E-state index >= 15 is 0 Å². The number of piperidine rings is 1. The quantitative estimate of drug-likeness (QED) is 0.927. The van der Waals surface area contributed by atoms with Gasteiger partial charge in [-0.25, -0.2) is 0 Å². The Balaban J connectivity index is 2.18. The molecule has 1 aliphatic heterocycles. The smallest absolute Gasteiger partial charge is 0.264 e. The van der Waals surface area contributed by atoms with Crippen molar-refractivity contribution in [2.24, 2.45) is 5.73 Å². The van der Waals surface area contributed by atoms with Crippen molar-refractivity contribution in [1.29, 1.82) is 0 Å². The van der Waals surface area contributed by atoms with Crippen LogP contribution in [-0.2, 0) is 11.2 Å². The molecular weight excluding hydrogens is 272 g/mol. The maximum atomic E-state index is 12.7. The molecule has 20 heavy (non-hydrogen) atoms. The molecule has 0 radical (unpaired) electrons. The Morgan fingerprint density at radius 1 is 1.45 bits per heavy atom. The Morgan fingerprint density at radius 3 is 2.80 bits per heavy atom. The number of hydrogen-bond acceptors (Lipinski definition) is 3. The Bertz CT molecular complexity index is 510. The number of aryl methyl sites for hydroxylation is 2. The van der Waals surface area contributed by atoms with Crippen LogP contribution in [0.3, 0.4) is 0 Å². The minimum absolute atomic E-state index is 0.0266. The number of primary amides is 1. The van der Waals surface area contributed by atoms with Gasteiger partial charge in [-0.2, -0.15) is 0 Å². The van der Waals surface area contributed by atoms with Gasteiger partial charge in [0, 0.05) is 23.9 Å². The zero-order chi connectivity index (χ0) is 14.7. The summed E-state index contributed by atoms with van der Waals surface area (Å²) in [5.41, 5.74) is 6.48. The lowest BCUT2D eigenvalue weighted by atomic mass is 9.99. The standard InChI is InChI=1S/C15H22N2O2S/c1-3-12-10(2)8-13(20-12)15(19)17-7-5-4-6-11(17)9-14(16)18/h8,11H,3-7,9H2,1-2H3,(H2,16,18)/t11-/m1/s1. The summed E-state index contributed by atoms with van der Waals surface area (Å²) in [7, 11) is 0. The van der Waals surface area contributed by atoms with Crippen LogP contribution in [0.2, 0.25) is 0 Å². The molecule has 1 aromatic rings. The number of carbonyl (C=O) groups is 2. The maximum Gasteiger partial charge on any atom is 0.264 e. The Kier molecular flexibility index (Phi) is 4.81. The van der Waals surface area contributed by atoms with E-state index in [9.17, 15) is 9.59 Å². The maximum absolute atomic E-state index is 12.7. The molecule has 2 rings (SSSR count). The number of rotatable bonds is 4. The van der Waals surface area contributed by atoms with Gasteiger partial charge in [0.25, 0.3) is 5.91 Å². The summed E-state index contributed by atoms with van der Waals surface area (Å²) in [4.78, 5) is 27.7. The van der Waals surface area contributed by atoms with Crippen molar-refractivity contribution in [3.63, 3.8) is 0 Å². The molecule has 0 saturated carbocycles. The molecule has 110 valence electrons. The van der Waals surface area contributed by atoms with Gasteiger partial charge in [-0.3, -0.25) is 9.59 Å². The average Bonchev–Trinajstić information content (AvgIpc) is 2.79. The van der Waals surface area contributed by atoms with E-state index in [1.54, 1.807) is 11.3 Å². The third kappa shape index (κ3) is 3.20. The molecule has 0 spiro atoms. The molecule has 2 amide bonds. The van der Waals surface area contributed by atoms with Gasteiger partial charge in [0.1, 0.15) is 0 Å². The normalized spacial score (nSPS) is 19.1. The van der Waals surface area contributed by atoms with Gasteiger partial charge >= 0.3 is 0 Å². The number of likely N-dealkylation sites (tertiary alicyclic amines) is 1. The van der Waals surface area contributed by atoms with E-state index in [2.05, 4.69) is 6.92 Å². The van der Waals surface area contributed by atoms with Crippen LogP contribution in [-0.4, -0.2) is 29.3 Å². The highest BCUT2D eigenvalue weighted by molar-refractivity contribution is 7.14. The van der Waals surface area contributed by atoms with E-state index < -0.39 is 0 Å². The molecule has 2 N–H and O–H groups in total. The number of hydrogen-bond donors (Lipinski definition) is 1. The van der Waals surface area contributed by atoms with E-state index in [4.69, 9.17) is 5.73 Å². The minimum atomic E-state index is -0.327. The number of thiophene rings is 1. The summed E-state index contributed by atoms with van der Waals surface area (Å²) in [6.45, 7) is 4.88. The molecule has 0 aromatic carbocycles. The van der Waals surface area contributed by atoms with Crippen molar-refractivity contribution in [2.75, 3.05) is 6.54 Å². The molecule has 4 nitrogen and oxygen atoms in total. The van der Waals surface area contributed by atoms with Crippen LogP contribution in [0.5, 0.6) is 0 Å². The lowest BCUT2D eigenvalue weighted by molar-refractivity contribution is -0.119. The summed E-state index contributed by atoms with van der Waals surface area (Å²) in [6, 6.07) is 1.95. The van der Waals surface area contributed by atoms with Crippen molar-refractivity contribution in [2.45, 2.75) is 52.0 Å². The molecule has 1 aromatic heterocycles. The number of nitrogens with two attached hydrogens (primary N) is 1. The predicted molar refractivity (Wildman–Crippen MR) is 80.9 cm³/mol. The van der Waals surface area contributed by atoms with Crippen LogP contribution in [0, 0.1) is 6.92 Å². The van der Waals surface area contributed by atoms with Crippen molar-refractivity contribution in [3.8, 4) is 0 Å². The molecule has 1 aliphatic rings. The second-order valence-electron chi connectivity index (χ2n) is 5.39. The monoisotopic (exact) mass is 294 g/mol. The Hall–Kier alpha value is -1.36. The number of carbonyl (C=O) groups excluding carboxylic acids is 2. The van der Waals surface area contributed by atoms with E-state index in [1.165, 1.54) is 10.4 Å². The lowest BCUT2D eigenvalue weighted by Crippen LogP contribution is -2.45. The van der Waals surface area contributed by atoms with Gasteiger partial charge in [0.2, 0.25) is 5.91 Å². The number of amides is 2. The van der Waals surface area contributed by atoms with E-state index in [0.717, 1.165) is 37.1 Å². The molecule has 1 saturated heterocycles. The molecule has 1 fully saturated rings. The summed E-state index contributed by atoms with van der Waals surface area (Å²) in [5, 5.41) is 0. The van der Waals surface area contributed by atoms with Crippen LogP contribution in [0.25, 0.3) is 0 Å². The van der Waals surface area contributed by atoms with Crippen LogP contribution >= 0.6 is 11.3 Å². The molecule has 1 atom stereocenters. The summed E-state index contributed by atoms with van der Waals surface area (Å²) >= 11 is 1.57. The molecule has 5 heteroatoms. The third-order valence-corrected chi connectivity index (χ3v) is 5.25. The molecular formula is C15H22N2O2S. The first-order valence-electron chi connectivity index (χ1n) is 7.21. The van der Waals surface area contributed by atoms with Crippen molar-refractivity contribution in [1.82, 2.24) is 4.90 Å². The van der Waals surface area contributed by atoms with Crippen molar-refractivity contribution in [3.05, 3.63) is 21.4 Å². The highest BCUT2D eigenvalue weighted by Crippen LogP contribution is 2.27. The van der Waals surface area contributed by atoms with Crippen LogP contribution < -0.4 is 5.73 Å². The largest absolute Gasteiger partial charge is 0.370 e. The summed E-state index contributed by atoms with van der Waals surface area (Å²) in [6.07, 6.45) is 4.17. The van der Waals surface area contributed by atoms with Gasteiger partial charge < -0.3 is 10.6 Å². The minimum Gasteiger partial charge on any atom is -0.370 e. The van der Waals surface area contributed by atoms with Crippen molar-refractivity contribution >= 4 is 23.2 Å². The van der Waals surface area contributed by atoms with Gasteiger partial charge in [-0.1, -0.05) is 6.92 Å². The predicted octanol–water partition coefficient (Wildman–Crippen LogP) is 2.49. The fourth-order valence-corrected chi connectivity index (χ4v) is 3.90. The van der Waals surface area contributed by atoms with E-state index in [0.29, 0.717) is 0 Å². The first-order valence-corrected chi connectivity index (χ1v) is 8.03. The third-order valence-electron chi connectivity index (χ3n) is 3.88. The Morgan fingerprint density at radius 2 is 2.20 bits per heavy atom. The van der Waals surface area contributed by atoms with Gasteiger partial charge in [0.15, 0.2) is 0 Å². The summed E-state index contributed by atoms with van der Waals surface area (Å²) in [5.74, 6) is -0.268. The highest BCUT2D eigenvalue weighted by atomic mass is 32.1. The van der Waals surface area contributed by atoms with Gasteiger partial charge in [-0.05, 0) is 44.2 Å². The molecule has 0 unspecified atom stereocenters. The SMILES string of the molecule is CCc1sc(C(=O)N2CCCC[C@@H]2CC(N)=O)cc1C. The first-order chi connectivity index (χ1) is 9.52. The van der Waals surface area contributed by atoms with Crippen molar-refractivity contribution < 1.29 is 9.59 Å². The second kappa shape index (κ2) is 6.39. The first kappa shape index (κ1) is 15.0. The molecule has 2 heterocycles. The van der Waals surface area contributed by atoms with Gasteiger partial charge in [-0.15, -0.1) is 11.3 Å². The zero-order valence-electron chi connectivity index (χ0n) is 12.1. The second-order valence-corrected chi connectivity index (χ2v) is 6.53. The fraction of sp³-hybridized carbons (Fsp3) is 0.600. The highest BCUT2D eigenvalue weighted by Gasteiger charge is 2.29. The molecule has 0 bridgehead atoms. The number of nitrogens with zero attached hydrogens (tertiary/aromatic N) is 1. The fourth-order valence-electron chi connectivity index (χ4n) is 2.83. The lowest BCUT2D eigenvalue weighted by Gasteiger charge is -2.34. The van der Waals surface area contributed by atoms with Crippen LogP contribution in [0.4, 0.5) is 0 Å². The molecule has 0 aliphatic carbocycles. The van der Waals surface area contributed by atoms with Crippen LogP contribution in [0.1, 0.15) is 52.7 Å². The van der Waals surface area contributed by atoms with E-state index in [1.807, 2.05) is 17.9 Å².